The van der Waals surface area contributed by atoms with E-state index in [-0.39, 0.29) is 28.6 Å². The highest BCUT2D eigenvalue weighted by atomic mass is 35.5. The zero-order valence-corrected chi connectivity index (χ0v) is 13.7. The first kappa shape index (κ1) is 17.5. The molecule has 1 aromatic heterocycles. The number of rotatable bonds is 7. The van der Waals surface area contributed by atoms with E-state index in [4.69, 9.17) is 11.6 Å². The minimum atomic E-state index is -0.333. The molecule has 0 aliphatic rings. The number of carbonyl (C=O) groups is 1. The van der Waals surface area contributed by atoms with E-state index < -0.39 is 0 Å². The van der Waals surface area contributed by atoms with Gasteiger partial charge in [-0.2, -0.15) is 5.10 Å². The molecule has 6 nitrogen and oxygen atoms in total. The second-order valence-corrected chi connectivity index (χ2v) is 5.65. The number of amides is 1. The van der Waals surface area contributed by atoms with Crippen molar-refractivity contribution >= 4 is 23.2 Å². The number of hydrogen-bond donors (Lipinski definition) is 2. The summed E-state index contributed by atoms with van der Waals surface area (Å²) >= 11 is 6.03. The molecule has 0 saturated heterocycles. The first-order chi connectivity index (χ1) is 9.86. The zero-order chi connectivity index (χ0) is 16.0. The lowest BCUT2D eigenvalue weighted by Gasteiger charge is -2.13. The molecular weight excluding hydrogens is 292 g/mol. The molecule has 21 heavy (non-hydrogen) atoms. The molecule has 118 valence electrons. The van der Waals surface area contributed by atoms with Crippen molar-refractivity contribution in [3.63, 3.8) is 0 Å². The van der Waals surface area contributed by atoms with Crippen LogP contribution in [-0.2, 0) is 4.79 Å². The van der Waals surface area contributed by atoms with Gasteiger partial charge in [0.25, 0.3) is 5.56 Å². The van der Waals surface area contributed by atoms with Crippen LogP contribution in [0.4, 0.5) is 5.69 Å². The number of nitrogens with one attached hydrogen (secondary N) is 2. The molecule has 0 spiro atoms. The van der Waals surface area contributed by atoms with Crippen LogP contribution in [0.25, 0.3) is 0 Å². The Morgan fingerprint density at radius 1 is 1.43 bits per heavy atom. The van der Waals surface area contributed by atoms with Gasteiger partial charge in [0.1, 0.15) is 5.02 Å². The SMILES string of the molecule is CCC(C)NC(=O)CCNc1cnn(C(C)C)c(=O)c1Cl. The number of hydrogen-bond acceptors (Lipinski definition) is 4. The van der Waals surface area contributed by atoms with Gasteiger partial charge in [-0.1, -0.05) is 18.5 Å². The van der Waals surface area contributed by atoms with Crippen LogP contribution in [-0.4, -0.2) is 28.3 Å². The first-order valence-corrected chi connectivity index (χ1v) is 7.55. The summed E-state index contributed by atoms with van der Waals surface area (Å²) in [5.41, 5.74) is 0.121. The number of nitrogens with zero attached hydrogens (tertiary/aromatic N) is 2. The summed E-state index contributed by atoms with van der Waals surface area (Å²) in [6, 6.07) is 0.114. The monoisotopic (exact) mass is 314 g/mol. The van der Waals surface area contributed by atoms with Gasteiger partial charge in [0.05, 0.1) is 17.9 Å². The minimum absolute atomic E-state index is 0.0311. The third-order valence-electron chi connectivity index (χ3n) is 3.12. The molecule has 7 heteroatoms. The normalized spacial score (nSPS) is 12.3. The van der Waals surface area contributed by atoms with Crippen LogP contribution in [0.3, 0.4) is 0 Å². The van der Waals surface area contributed by atoms with Crippen molar-refractivity contribution in [3.8, 4) is 0 Å². The summed E-state index contributed by atoms with van der Waals surface area (Å²) < 4.78 is 1.32. The van der Waals surface area contributed by atoms with Crippen molar-refractivity contribution in [2.24, 2.45) is 0 Å². The number of carbonyl (C=O) groups excluding carboxylic acids is 1. The molecule has 0 aliphatic carbocycles. The van der Waals surface area contributed by atoms with Gasteiger partial charge >= 0.3 is 0 Å². The standard InChI is InChI=1S/C14H23ClN4O2/c1-5-10(4)18-12(20)6-7-16-11-8-17-19(9(2)3)14(21)13(11)15/h8-10,16H,5-7H2,1-4H3,(H,18,20). The fourth-order valence-corrected chi connectivity index (χ4v) is 1.90. The Morgan fingerprint density at radius 3 is 2.67 bits per heavy atom. The van der Waals surface area contributed by atoms with Gasteiger partial charge in [0.2, 0.25) is 5.91 Å². The van der Waals surface area contributed by atoms with Crippen LogP contribution in [0.15, 0.2) is 11.0 Å². The van der Waals surface area contributed by atoms with Crippen molar-refractivity contribution in [2.45, 2.75) is 52.6 Å². The van der Waals surface area contributed by atoms with E-state index in [2.05, 4.69) is 15.7 Å². The molecule has 2 N–H and O–H groups in total. The van der Waals surface area contributed by atoms with Gasteiger partial charge in [-0.05, 0) is 27.2 Å². The highest BCUT2D eigenvalue weighted by molar-refractivity contribution is 6.32. The molecule has 0 aliphatic heterocycles. The quantitative estimate of drug-likeness (QED) is 0.809. The molecule has 1 amide bonds. The van der Waals surface area contributed by atoms with Crippen LogP contribution in [0.5, 0.6) is 0 Å². The Balaban J connectivity index is 2.59. The van der Waals surface area contributed by atoms with Crippen LogP contribution in [0.1, 0.15) is 46.6 Å². The first-order valence-electron chi connectivity index (χ1n) is 7.17. The van der Waals surface area contributed by atoms with Crippen LogP contribution >= 0.6 is 11.6 Å². The number of anilines is 1. The second kappa shape index (κ2) is 8.02. The predicted octanol–water partition coefficient (Wildman–Crippen LogP) is 2.19. The van der Waals surface area contributed by atoms with E-state index in [1.807, 2.05) is 27.7 Å². The summed E-state index contributed by atoms with van der Waals surface area (Å²) in [4.78, 5) is 23.6. The van der Waals surface area contributed by atoms with Crippen molar-refractivity contribution in [2.75, 3.05) is 11.9 Å². The number of halogens is 1. The van der Waals surface area contributed by atoms with Crippen molar-refractivity contribution in [1.82, 2.24) is 15.1 Å². The van der Waals surface area contributed by atoms with E-state index in [9.17, 15) is 9.59 Å². The summed E-state index contributed by atoms with van der Waals surface area (Å²) in [6.07, 6.45) is 2.71. The molecule has 1 aromatic rings. The number of aromatic nitrogens is 2. The topological polar surface area (TPSA) is 76.0 Å². The Labute approximate surface area is 129 Å². The summed E-state index contributed by atoms with van der Waals surface area (Å²) in [5.74, 6) is -0.0311. The maximum Gasteiger partial charge on any atom is 0.287 e. The van der Waals surface area contributed by atoms with Gasteiger partial charge in [-0.25, -0.2) is 4.68 Å². The second-order valence-electron chi connectivity index (χ2n) is 5.27. The molecule has 0 bridgehead atoms. The van der Waals surface area contributed by atoms with Crippen LogP contribution in [0, 0.1) is 0 Å². The average molecular weight is 315 g/mol. The van der Waals surface area contributed by atoms with E-state index in [0.29, 0.717) is 18.7 Å². The van der Waals surface area contributed by atoms with Crippen molar-refractivity contribution in [3.05, 3.63) is 21.6 Å². The molecule has 1 unspecified atom stereocenters. The van der Waals surface area contributed by atoms with Crippen molar-refractivity contribution < 1.29 is 4.79 Å². The van der Waals surface area contributed by atoms with Crippen molar-refractivity contribution in [1.29, 1.82) is 0 Å². The molecule has 0 fully saturated rings. The van der Waals surface area contributed by atoms with E-state index in [1.54, 1.807) is 0 Å². The molecule has 0 aromatic carbocycles. The highest BCUT2D eigenvalue weighted by Gasteiger charge is 2.11. The van der Waals surface area contributed by atoms with E-state index in [0.717, 1.165) is 6.42 Å². The summed E-state index contributed by atoms with van der Waals surface area (Å²) in [6.45, 7) is 8.08. The maximum absolute atomic E-state index is 12.0. The molecule has 1 atom stereocenters. The lowest BCUT2D eigenvalue weighted by atomic mass is 10.2. The summed E-state index contributed by atoms with van der Waals surface area (Å²) in [5, 5.41) is 10.00. The van der Waals surface area contributed by atoms with E-state index >= 15 is 0 Å². The lowest BCUT2D eigenvalue weighted by Crippen LogP contribution is -2.33. The fourth-order valence-electron chi connectivity index (χ4n) is 1.70. The fraction of sp³-hybridized carbons (Fsp3) is 0.643. The summed E-state index contributed by atoms with van der Waals surface area (Å²) in [7, 11) is 0. The van der Waals surface area contributed by atoms with Gasteiger partial charge < -0.3 is 10.6 Å². The molecular formula is C14H23ClN4O2. The van der Waals surface area contributed by atoms with Gasteiger partial charge in [-0.15, -0.1) is 0 Å². The minimum Gasteiger partial charge on any atom is -0.382 e. The highest BCUT2D eigenvalue weighted by Crippen LogP contribution is 2.16. The Hall–Kier alpha value is -1.56. The van der Waals surface area contributed by atoms with Gasteiger partial charge in [0.15, 0.2) is 0 Å². The Morgan fingerprint density at radius 2 is 2.10 bits per heavy atom. The third kappa shape index (κ3) is 5.04. The molecule has 1 rings (SSSR count). The Kier molecular flexibility index (Phi) is 6.68. The lowest BCUT2D eigenvalue weighted by molar-refractivity contribution is -0.121. The van der Waals surface area contributed by atoms with Gasteiger partial charge in [0, 0.05) is 19.0 Å². The zero-order valence-electron chi connectivity index (χ0n) is 12.9. The van der Waals surface area contributed by atoms with Crippen LogP contribution < -0.4 is 16.2 Å². The molecule has 1 heterocycles. The largest absolute Gasteiger partial charge is 0.382 e. The third-order valence-corrected chi connectivity index (χ3v) is 3.49. The molecule has 0 saturated carbocycles. The maximum atomic E-state index is 12.0. The Bertz CT molecular complexity index is 542. The van der Waals surface area contributed by atoms with Crippen LogP contribution in [0.2, 0.25) is 5.02 Å². The average Bonchev–Trinajstić information content (AvgIpc) is 2.42. The van der Waals surface area contributed by atoms with Gasteiger partial charge in [-0.3, -0.25) is 9.59 Å². The molecule has 0 radical (unpaired) electrons. The van der Waals surface area contributed by atoms with E-state index in [1.165, 1.54) is 10.9 Å². The predicted molar refractivity (Wildman–Crippen MR) is 84.9 cm³/mol. The smallest absolute Gasteiger partial charge is 0.287 e.